The molecule has 0 radical (unpaired) electrons. The van der Waals surface area contributed by atoms with Gasteiger partial charge in [0.2, 0.25) is 11.9 Å². The normalized spacial score (nSPS) is 11.9. The number of halogens is 1. The molecule has 1 rings (SSSR count). The zero-order valence-corrected chi connectivity index (χ0v) is 9.88. The number of carbonyl (C=O) groups is 1. The summed E-state index contributed by atoms with van der Waals surface area (Å²) in [7, 11) is 1.71. The average molecular weight is 244 g/mol. The van der Waals surface area contributed by atoms with Crippen LogP contribution in [0.25, 0.3) is 0 Å². The van der Waals surface area contributed by atoms with Gasteiger partial charge in [0.25, 0.3) is 0 Å². The van der Waals surface area contributed by atoms with Gasteiger partial charge in [0.15, 0.2) is 5.82 Å². The van der Waals surface area contributed by atoms with Crippen molar-refractivity contribution in [2.75, 3.05) is 17.7 Å². The van der Waals surface area contributed by atoms with Crippen LogP contribution in [-0.2, 0) is 4.79 Å². The molecule has 0 aliphatic carbocycles. The van der Waals surface area contributed by atoms with Crippen LogP contribution >= 0.6 is 11.6 Å². The summed E-state index contributed by atoms with van der Waals surface area (Å²) in [5, 5.41) is 6.19. The van der Waals surface area contributed by atoms with E-state index < -0.39 is 0 Å². The van der Waals surface area contributed by atoms with E-state index in [0.29, 0.717) is 16.8 Å². The number of nitrogens with one attached hydrogen (secondary N) is 2. The maximum atomic E-state index is 10.7. The summed E-state index contributed by atoms with van der Waals surface area (Å²) in [6.45, 7) is 1.82. The Hall–Kier alpha value is -1.56. The number of amides is 1. The van der Waals surface area contributed by atoms with Gasteiger partial charge in [-0.1, -0.05) is 11.6 Å². The molecule has 0 saturated heterocycles. The largest absolute Gasteiger partial charge is 0.370 e. The van der Waals surface area contributed by atoms with Crippen molar-refractivity contribution >= 4 is 29.3 Å². The fourth-order valence-corrected chi connectivity index (χ4v) is 1.32. The van der Waals surface area contributed by atoms with Crippen molar-refractivity contribution in [1.82, 2.24) is 9.97 Å². The lowest BCUT2D eigenvalue weighted by Gasteiger charge is -2.14. The van der Waals surface area contributed by atoms with Gasteiger partial charge < -0.3 is 16.4 Å². The third-order valence-corrected chi connectivity index (χ3v) is 2.13. The zero-order chi connectivity index (χ0) is 12.1. The van der Waals surface area contributed by atoms with Gasteiger partial charge in [-0.05, 0) is 6.92 Å². The number of carbonyl (C=O) groups excluding carboxylic acids is 1. The minimum absolute atomic E-state index is 0.130. The fourth-order valence-electron chi connectivity index (χ4n) is 1.18. The molecule has 1 amide bonds. The highest BCUT2D eigenvalue weighted by molar-refractivity contribution is 6.32. The highest BCUT2D eigenvalue weighted by Crippen LogP contribution is 2.20. The Kier molecular flexibility index (Phi) is 4.30. The molecule has 0 spiro atoms. The van der Waals surface area contributed by atoms with Gasteiger partial charge in [-0.15, -0.1) is 0 Å². The lowest BCUT2D eigenvalue weighted by atomic mass is 10.2. The molecule has 1 heterocycles. The van der Waals surface area contributed by atoms with Crippen molar-refractivity contribution in [2.45, 2.75) is 19.4 Å². The average Bonchev–Trinajstić information content (AvgIpc) is 2.20. The maximum absolute atomic E-state index is 10.7. The molecule has 0 saturated carbocycles. The van der Waals surface area contributed by atoms with E-state index in [4.69, 9.17) is 17.3 Å². The highest BCUT2D eigenvalue weighted by atomic mass is 35.5. The molecule has 6 nitrogen and oxygen atoms in total. The smallest absolute Gasteiger partial charge is 0.224 e. The van der Waals surface area contributed by atoms with Crippen LogP contribution in [-0.4, -0.2) is 29.0 Å². The van der Waals surface area contributed by atoms with E-state index in [2.05, 4.69) is 20.6 Å². The van der Waals surface area contributed by atoms with Crippen molar-refractivity contribution in [2.24, 2.45) is 5.73 Å². The van der Waals surface area contributed by atoms with Crippen molar-refractivity contribution in [3.63, 3.8) is 0 Å². The summed E-state index contributed by atoms with van der Waals surface area (Å²) in [6, 6.07) is -0.130. The second kappa shape index (κ2) is 5.50. The van der Waals surface area contributed by atoms with E-state index in [1.165, 1.54) is 6.20 Å². The van der Waals surface area contributed by atoms with Gasteiger partial charge in [0.05, 0.1) is 6.20 Å². The molecule has 88 valence electrons. The summed E-state index contributed by atoms with van der Waals surface area (Å²) in [5.41, 5.74) is 5.08. The summed E-state index contributed by atoms with van der Waals surface area (Å²) in [6.07, 6.45) is 1.70. The minimum atomic E-state index is -0.376. The van der Waals surface area contributed by atoms with Crippen LogP contribution in [0.1, 0.15) is 13.3 Å². The van der Waals surface area contributed by atoms with Crippen molar-refractivity contribution in [3.05, 3.63) is 11.2 Å². The molecule has 0 aliphatic heterocycles. The maximum Gasteiger partial charge on any atom is 0.224 e. The fraction of sp³-hybridized carbons (Fsp3) is 0.444. The first-order chi connectivity index (χ1) is 7.52. The number of rotatable bonds is 5. The number of nitrogens with two attached hydrogens (primary N) is 1. The van der Waals surface area contributed by atoms with E-state index in [-0.39, 0.29) is 18.4 Å². The predicted molar refractivity (Wildman–Crippen MR) is 63.5 cm³/mol. The quantitative estimate of drug-likeness (QED) is 0.713. The Balaban J connectivity index is 2.75. The van der Waals surface area contributed by atoms with Crippen molar-refractivity contribution in [3.8, 4) is 0 Å². The second-order valence-electron chi connectivity index (χ2n) is 3.36. The second-order valence-corrected chi connectivity index (χ2v) is 3.76. The van der Waals surface area contributed by atoms with Gasteiger partial charge in [-0.2, -0.15) is 4.98 Å². The monoisotopic (exact) mass is 243 g/mol. The summed E-state index contributed by atoms with van der Waals surface area (Å²) in [4.78, 5) is 18.8. The molecule has 0 aliphatic rings. The van der Waals surface area contributed by atoms with E-state index in [0.717, 1.165) is 0 Å². The van der Waals surface area contributed by atoms with Gasteiger partial charge in [-0.25, -0.2) is 4.98 Å². The summed E-state index contributed by atoms with van der Waals surface area (Å²) < 4.78 is 0. The predicted octanol–water partition coefficient (Wildman–Crippen LogP) is 0.847. The van der Waals surface area contributed by atoms with Gasteiger partial charge in [0, 0.05) is 19.5 Å². The molecule has 0 fully saturated rings. The molecule has 4 N–H and O–H groups in total. The van der Waals surface area contributed by atoms with Crippen LogP contribution in [0.2, 0.25) is 5.02 Å². The molecular weight excluding hydrogens is 230 g/mol. The van der Waals surface area contributed by atoms with E-state index in [1.807, 2.05) is 6.92 Å². The van der Waals surface area contributed by atoms with Crippen molar-refractivity contribution < 1.29 is 4.79 Å². The Labute approximate surface area is 98.6 Å². The van der Waals surface area contributed by atoms with Crippen LogP contribution in [0.4, 0.5) is 11.8 Å². The first-order valence-electron chi connectivity index (χ1n) is 4.78. The molecule has 7 heteroatoms. The standard InChI is InChI=1S/C9H14ClN5O/c1-5(3-7(11)16)14-8-6(10)4-13-9(12-2)15-8/h4-5H,3H2,1-2H3,(H2,11,16)(H2,12,13,14,15). The number of nitrogens with zero attached hydrogens (tertiary/aromatic N) is 2. The topological polar surface area (TPSA) is 92.9 Å². The first kappa shape index (κ1) is 12.5. The van der Waals surface area contributed by atoms with Gasteiger partial charge in [0.1, 0.15) is 5.02 Å². The lowest BCUT2D eigenvalue weighted by Crippen LogP contribution is -2.24. The number of hydrogen-bond donors (Lipinski definition) is 3. The lowest BCUT2D eigenvalue weighted by molar-refractivity contribution is -0.118. The van der Waals surface area contributed by atoms with Crippen LogP contribution in [0, 0.1) is 0 Å². The van der Waals surface area contributed by atoms with Crippen LogP contribution < -0.4 is 16.4 Å². The Morgan fingerprint density at radius 2 is 2.38 bits per heavy atom. The number of primary amides is 1. The molecule has 1 aromatic heterocycles. The molecular formula is C9H14ClN5O. The van der Waals surface area contributed by atoms with E-state index in [1.54, 1.807) is 7.05 Å². The number of aromatic nitrogens is 2. The van der Waals surface area contributed by atoms with Crippen LogP contribution in [0.15, 0.2) is 6.20 Å². The number of anilines is 2. The highest BCUT2D eigenvalue weighted by Gasteiger charge is 2.10. The third kappa shape index (κ3) is 3.54. The number of hydrogen-bond acceptors (Lipinski definition) is 5. The molecule has 1 unspecified atom stereocenters. The van der Waals surface area contributed by atoms with Crippen molar-refractivity contribution in [1.29, 1.82) is 0 Å². The molecule has 1 atom stereocenters. The Morgan fingerprint density at radius 1 is 1.69 bits per heavy atom. The van der Waals surface area contributed by atoms with E-state index in [9.17, 15) is 4.79 Å². The molecule has 0 bridgehead atoms. The van der Waals surface area contributed by atoms with Gasteiger partial charge in [-0.3, -0.25) is 4.79 Å². The third-order valence-electron chi connectivity index (χ3n) is 1.86. The van der Waals surface area contributed by atoms with Gasteiger partial charge >= 0.3 is 0 Å². The SMILES string of the molecule is CNc1ncc(Cl)c(NC(C)CC(N)=O)n1. The summed E-state index contributed by atoms with van der Waals surface area (Å²) >= 11 is 5.90. The van der Waals surface area contributed by atoms with Crippen LogP contribution in [0.5, 0.6) is 0 Å². The molecule has 1 aromatic rings. The minimum Gasteiger partial charge on any atom is -0.370 e. The van der Waals surface area contributed by atoms with E-state index >= 15 is 0 Å². The molecule has 16 heavy (non-hydrogen) atoms. The zero-order valence-electron chi connectivity index (χ0n) is 9.12. The molecule has 0 aromatic carbocycles. The Morgan fingerprint density at radius 3 is 2.94 bits per heavy atom. The van der Waals surface area contributed by atoms with Crippen LogP contribution in [0.3, 0.4) is 0 Å². The first-order valence-corrected chi connectivity index (χ1v) is 5.16. The Bertz CT molecular complexity index is 384. The summed E-state index contributed by atoms with van der Waals surface area (Å²) in [5.74, 6) is 0.562.